The second kappa shape index (κ2) is 5.64. The highest BCUT2D eigenvalue weighted by Gasteiger charge is 2.15. The van der Waals surface area contributed by atoms with Crippen molar-refractivity contribution >= 4 is 27.4 Å². The zero-order chi connectivity index (χ0) is 14.8. The van der Waals surface area contributed by atoms with Crippen molar-refractivity contribution in [3.8, 4) is 0 Å². The summed E-state index contributed by atoms with van der Waals surface area (Å²) in [5, 5.41) is 9.25. The number of hydrogen-bond donors (Lipinski definition) is 1. The van der Waals surface area contributed by atoms with Gasteiger partial charge in [0, 0.05) is 5.02 Å². The van der Waals surface area contributed by atoms with Gasteiger partial charge in [-0.3, -0.25) is 0 Å². The predicted molar refractivity (Wildman–Crippen MR) is 75.7 cm³/mol. The molecule has 1 N–H and O–H groups in total. The van der Waals surface area contributed by atoms with Crippen LogP contribution >= 0.6 is 11.6 Å². The molecule has 0 saturated heterocycles. The molecule has 20 heavy (non-hydrogen) atoms. The van der Waals surface area contributed by atoms with E-state index in [9.17, 15) is 13.2 Å². The molecule has 0 bridgehead atoms. The summed E-state index contributed by atoms with van der Waals surface area (Å²) < 4.78 is 24.3. The van der Waals surface area contributed by atoms with Gasteiger partial charge >= 0.3 is 5.97 Å². The summed E-state index contributed by atoms with van der Waals surface area (Å²) in [7, 11) is -3.47. The first-order valence-corrected chi connectivity index (χ1v) is 7.72. The normalized spacial score (nSPS) is 11.2. The summed E-state index contributed by atoms with van der Waals surface area (Å²) >= 11 is 5.72. The molecule has 0 radical (unpaired) electrons. The molecule has 0 aliphatic heterocycles. The number of benzene rings is 2. The van der Waals surface area contributed by atoms with Crippen LogP contribution in [0, 0.1) is 0 Å². The number of carbonyl (C=O) groups is 1. The highest BCUT2D eigenvalue weighted by molar-refractivity contribution is 7.90. The Labute approximate surface area is 121 Å². The summed E-state index contributed by atoms with van der Waals surface area (Å²) in [5.74, 6) is -1.23. The van der Waals surface area contributed by atoms with Crippen molar-refractivity contribution in [2.75, 3.05) is 0 Å². The third-order valence-electron chi connectivity index (χ3n) is 2.73. The predicted octanol–water partition coefficient (Wildman–Crippen LogP) is 3.01. The smallest absolute Gasteiger partial charge is 0.335 e. The largest absolute Gasteiger partial charge is 0.478 e. The molecule has 0 saturated carbocycles. The Kier molecular flexibility index (Phi) is 4.11. The van der Waals surface area contributed by atoms with Gasteiger partial charge in [-0.1, -0.05) is 23.7 Å². The second-order valence-electron chi connectivity index (χ2n) is 4.22. The van der Waals surface area contributed by atoms with Crippen molar-refractivity contribution in [2.24, 2.45) is 0 Å². The number of halogens is 1. The van der Waals surface area contributed by atoms with Crippen molar-refractivity contribution in [1.29, 1.82) is 0 Å². The van der Waals surface area contributed by atoms with Crippen molar-refractivity contribution in [3.05, 3.63) is 64.7 Å². The zero-order valence-corrected chi connectivity index (χ0v) is 11.9. The lowest BCUT2D eigenvalue weighted by Crippen LogP contribution is -2.05. The molecule has 2 aromatic carbocycles. The average Bonchev–Trinajstić information content (AvgIpc) is 2.39. The molecule has 0 unspecified atom stereocenters. The summed E-state index contributed by atoms with van der Waals surface area (Å²) in [6, 6.07) is 11.7. The van der Waals surface area contributed by atoms with E-state index in [1.807, 2.05) is 0 Å². The minimum atomic E-state index is -3.47. The van der Waals surface area contributed by atoms with Crippen LogP contribution in [-0.2, 0) is 15.6 Å². The number of carboxylic acids is 1. The first-order valence-electron chi connectivity index (χ1n) is 5.69. The van der Waals surface area contributed by atoms with E-state index >= 15 is 0 Å². The van der Waals surface area contributed by atoms with E-state index in [0.29, 0.717) is 10.6 Å². The van der Waals surface area contributed by atoms with Crippen LogP contribution in [0.25, 0.3) is 0 Å². The fourth-order valence-electron chi connectivity index (χ4n) is 1.69. The van der Waals surface area contributed by atoms with E-state index in [1.54, 1.807) is 0 Å². The number of rotatable bonds is 4. The first kappa shape index (κ1) is 14.6. The molecule has 4 nitrogen and oxygen atoms in total. The maximum atomic E-state index is 12.2. The van der Waals surface area contributed by atoms with E-state index in [0.717, 1.165) is 0 Å². The number of carboxylic acid groups (broad SMARTS) is 1. The zero-order valence-electron chi connectivity index (χ0n) is 10.3. The maximum absolute atomic E-state index is 12.2. The molecular formula is C14H11ClO4S. The van der Waals surface area contributed by atoms with E-state index < -0.39 is 15.8 Å². The second-order valence-corrected chi connectivity index (χ2v) is 6.64. The Morgan fingerprint density at radius 3 is 2.05 bits per heavy atom. The van der Waals surface area contributed by atoms with Crippen LogP contribution in [0.4, 0.5) is 0 Å². The van der Waals surface area contributed by atoms with Crippen molar-refractivity contribution in [3.63, 3.8) is 0 Å². The molecule has 0 spiro atoms. The minimum absolute atomic E-state index is 0.123. The summed E-state index contributed by atoms with van der Waals surface area (Å²) in [6.45, 7) is 0. The fourth-order valence-corrected chi connectivity index (χ4v) is 3.16. The summed E-state index contributed by atoms with van der Waals surface area (Å²) in [6.07, 6.45) is 0. The molecule has 0 heterocycles. The molecule has 104 valence electrons. The van der Waals surface area contributed by atoms with Gasteiger partial charge in [-0.05, 0) is 42.0 Å². The third-order valence-corrected chi connectivity index (χ3v) is 4.69. The lowest BCUT2D eigenvalue weighted by Gasteiger charge is -2.05. The highest BCUT2D eigenvalue weighted by atomic mass is 35.5. The van der Waals surface area contributed by atoms with Crippen molar-refractivity contribution in [2.45, 2.75) is 10.6 Å². The van der Waals surface area contributed by atoms with Crippen molar-refractivity contribution in [1.82, 2.24) is 0 Å². The van der Waals surface area contributed by atoms with Crippen LogP contribution in [0.2, 0.25) is 5.02 Å². The molecule has 6 heteroatoms. The average molecular weight is 311 g/mol. The molecular weight excluding hydrogens is 300 g/mol. The Morgan fingerprint density at radius 2 is 1.55 bits per heavy atom. The van der Waals surface area contributed by atoms with E-state index in [1.165, 1.54) is 48.5 Å². The minimum Gasteiger partial charge on any atom is -0.478 e. The van der Waals surface area contributed by atoms with Gasteiger partial charge in [-0.2, -0.15) is 0 Å². The number of hydrogen-bond acceptors (Lipinski definition) is 3. The highest BCUT2D eigenvalue weighted by Crippen LogP contribution is 2.19. The van der Waals surface area contributed by atoms with E-state index in [2.05, 4.69) is 0 Å². The number of sulfone groups is 1. The van der Waals surface area contributed by atoms with Gasteiger partial charge in [0.2, 0.25) is 0 Å². The van der Waals surface area contributed by atoms with Crippen LogP contribution < -0.4 is 0 Å². The topological polar surface area (TPSA) is 71.4 Å². The lowest BCUT2D eigenvalue weighted by molar-refractivity contribution is 0.0697. The van der Waals surface area contributed by atoms with Gasteiger partial charge in [0.05, 0.1) is 16.2 Å². The standard InChI is InChI=1S/C14H11ClO4S/c15-12-5-7-13(8-6-12)20(18,19)9-10-1-3-11(4-2-10)14(16)17/h1-8H,9H2,(H,16,17). The fraction of sp³-hybridized carbons (Fsp3) is 0.0714. The van der Waals surface area contributed by atoms with Crippen LogP contribution in [0.1, 0.15) is 15.9 Å². The Morgan fingerprint density at radius 1 is 1.00 bits per heavy atom. The van der Waals surface area contributed by atoms with Gasteiger partial charge in [0.25, 0.3) is 0 Å². The maximum Gasteiger partial charge on any atom is 0.335 e. The van der Waals surface area contributed by atoms with E-state index in [4.69, 9.17) is 16.7 Å². The number of aromatic carboxylic acids is 1. The summed E-state index contributed by atoms with van der Waals surface area (Å²) in [4.78, 5) is 10.9. The molecule has 2 aromatic rings. The quantitative estimate of drug-likeness (QED) is 0.942. The van der Waals surface area contributed by atoms with Gasteiger partial charge < -0.3 is 5.11 Å². The van der Waals surface area contributed by atoms with Gasteiger partial charge in [-0.15, -0.1) is 0 Å². The Bertz CT molecular complexity index is 719. The first-order chi connectivity index (χ1) is 9.38. The Balaban J connectivity index is 2.24. The SMILES string of the molecule is O=C(O)c1ccc(CS(=O)(=O)c2ccc(Cl)cc2)cc1. The summed E-state index contributed by atoms with van der Waals surface area (Å²) in [5.41, 5.74) is 0.655. The molecule has 0 amide bonds. The molecule has 0 atom stereocenters. The van der Waals surface area contributed by atoms with Crippen LogP contribution in [0.15, 0.2) is 53.4 Å². The lowest BCUT2D eigenvalue weighted by atomic mass is 10.1. The molecule has 2 rings (SSSR count). The van der Waals surface area contributed by atoms with Gasteiger partial charge in [-0.25, -0.2) is 13.2 Å². The molecule has 0 aromatic heterocycles. The van der Waals surface area contributed by atoms with Crippen LogP contribution in [0.5, 0.6) is 0 Å². The Hall–Kier alpha value is -1.85. The van der Waals surface area contributed by atoms with Gasteiger partial charge in [0.1, 0.15) is 0 Å². The van der Waals surface area contributed by atoms with Crippen LogP contribution in [-0.4, -0.2) is 19.5 Å². The monoisotopic (exact) mass is 310 g/mol. The molecule has 0 aliphatic rings. The molecule has 0 fully saturated rings. The third kappa shape index (κ3) is 3.37. The van der Waals surface area contributed by atoms with Crippen molar-refractivity contribution < 1.29 is 18.3 Å². The van der Waals surface area contributed by atoms with Crippen LogP contribution in [0.3, 0.4) is 0 Å². The van der Waals surface area contributed by atoms with E-state index in [-0.39, 0.29) is 16.2 Å². The van der Waals surface area contributed by atoms with Gasteiger partial charge in [0.15, 0.2) is 9.84 Å². The molecule has 0 aliphatic carbocycles.